The van der Waals surface area contributed by atoms with Gasteiger partial charge in [0.15, 0.2) is 0 Å². The minimum absolute atomic E-state index is 0.0570. The Morgan fingerprint density at radius 3 is 3.17 bits per heavy atom. The number of aromatic amines is 1. The molecule has 2 aromatic heterocycles. The van der Waals surface area contributed by atoms with Crippen LogP contribution in [0.15, 0.2) is 23.8 Å². The molecule has 2 aromatic rings. The lowest BCUT2D eigenvalue weighted by Gasteiger charge is -2.31. The molecule has 0 aromatic carbocycles. The second kappa shape index (κ2) is 7.18. The summed E-state index contributed by atoms with van der Waals surface area (Å²) in [4.78, 5) is 12.0. The van der Waals surface area contributed by atoms with Gasteiger partial charge in [-0.15, -0.1) is 11.3 Å². The van der Waals surface area contributed by atoms with Crippen molar-refractivity contribution in [3.63, 3.8) is 0 Å². The van der Waals surface area contributed by atoms with E-state index in [-0.39, 0.29) is 22.5 Å². The highest BCUT2D eigenvalue weighted by molar-refractivity contribution is 7.10. The molecule has 2 atom stereocenters. The molecule has 3 heterocycles. The summed E-state index contributed by atoms with van der Waals surface area (Å²) in [6.07, 6.45) is 2.53. The zero-order chi connectivity index (χ0) is 16.2. The van der Waals surface area contributed by atoms with E-state index in [1.165, 1.54) is 11.4 Å². The van der Waals surface area contributed by atoms with E-state index < -0.39 is 12.3 Å². The van der Waals surface area contributed by atoms with Gasteiger partial charge in [0.1, 0.15) is 0 Å². The number of alkyl halides is 2. The Labute approximate surface area is 136 Å². The van der Waals surface area contributed by atoms with Crippen molar-refractivity contribution in [2.45, 2.75) is 25.4 Å². The molecule has 0 spiro atoms. The fourth-order valence-corrected chi connectivity index (χ4v) is 3.58. The molecule has 0 radical (unpaired) electrons. The number of carbonyl (C=O) groups is 1. The summed E-state index contributed by atoms with van der Waals surface area (Å²) < 4.78 is 31.5. The summed E-state index contributed by atoms with van der Waals surface area (Å²) in [5.74, 6) is -0.364. The number of ether oxygens (including phenoxy) is 1. The minimum atomic E-state index is -2.63. The average Bonchev–Trinajstić information content (AvgIpc) is 3.23. The SMILES string of the molecule is O=C(NC[C@@H]1CCCO[C@H]1c1cn[nH]c1)c1ccsc1C(F)F. The van der Waals surface area contributed by atoms with Crippen LogP contribution in [0.2, 0.25) is 0 Å². The molecule has 1 amide bonds. The first kappa shape index (κ1) is 16.1. The van der Waals surface area contributed by atoms with Gasteiger partial charge in [-0.05, 0) is 24.3 Å². The highest BCUT2D eigenvalue weighted by atomic mass is 32.1. The Bertz CT molecular complexity index is 645. The van der Waals surface area contributed by atoms with E-state index >= 15 is 0 Å². The average molecular weight is 341 g/mol. The summed E-state index contributed by atoms with van der Waals surface area (Å²) in [5.41, 5.74) is 0.995. The Morgan fingerprint density at radius 2 is 2.43 bits per heavy atom. The third-order valence-corrected chi connectivity index (χ3v) is 4.88. The maximum Gasteiger partial charge on any atom is 0.273 e. The minimum Gasteiger partial charge on any atom is -0.373 e. The fourth-order valence-electron chi connectivity index (χ4n) is 2.83. The zero-order valence-corrected chi connectivity index (χ0v) is 13.1. The number of nitrogens with one attached hydrogen (secondary N) is 2. The van der Waals surface area contributed by atoms with Gasteiger partial charge in [0.25, 0.3) is 12.3 Å². The molecule has 1 aliphatic heterocycles. The van der Waals surface area contributed by atoms with Crippen molar-refractivity contribution in [3.8, 4) is 0 Å². The largest absolute Gasteiger partial charge is 0.373 e. The molecular weight excluding hydrogens is 324 g/mol. The molecule has 0 unspecified atom stereocenters. The van der Waals surface area contributed by atoms with Crippen LogP contribution in [0.25, 0.3) is 0 Å². The zero-order valence-electron chi connectivity index (χ0n) is 12.3. The number of aromatic nitrogens is 2. The number of nitrogens with zero attached hydrogens (tertiary/aromatic N) is 1. The van der Waals surface area contributed by atoms with E-state index in [0.29, 0.717) is 13.2 Å². The first-order valence-electron chi connectivity index (χ1n) is 7.41. The summed E-state index contributed by atoms with van der Waals surface area (Å²) in [6, 6.07) is 1.44. The van der Waals surface area contributed by atoms with Gasteiger partial charge in [-0.25, -0.2) is 8.78 Å². The van der Waals surface area contributed by atoms with Crippen LogP contribution < -0.4 is 5.32 Å². The van der Waals surface area contributed by atoms with Crippen LogP contribution >= 0.6 is 11.3 Å². The van der Waals surface area contributed by atoms with Gasteiger partial charge < -0.3 is 10.1 Å². The number of amides is 1. The van der Waals surface area contributed by atoms with Crippen molar-refractivity contribution < 1.29 is 18.3 Å². The van der Waals surface area contributed by atoms with Gasteiger partial charge in [0.05, 0.1) is 22.7 Å². The quantitative estimate of drug-likeness (QED) is 0.877. The third-order valence-electron chi connectivity index (χ3n) is 3.96. The maximum absolute atomic E-state index is 12.9. The highest BCUT2D eigenvalue weighted by Gasteiger charge is 2.29. The predicted molar refractivity (Wildman–Crippen MR) is 81.6 cm³/mol. The molecule has 23 heavy (non-hydrogen) atoms. The van der Waals surface area contributed by atoms with Crippen LogP contribution in [0.5, 0.6) is 0 Å². The van der Waals surface area contributed by atoms with Crippen molar-refractivity contribution in [1.29, 1.82) is 0 Å². The number of thiophene rings is 1. The molecule has 0 saturated carbocycles. The molecule has 8 heteroatoms. The van der Waals surface area contributed by atoms with Crippen LogP contribution in [0, 0.1) is 5.92 Å². The molecule has 0 aliphatic carbocycles. The van der Waals surface area contributed by atoms with Gasteiger partial charge in [-0.2, -0.15) is 5.10 Å². The maximum atomic E-state index is 12.9. The normalized spacial score (nSPS) is 21.5. The lowest BCUT2D eigenvalue weighted by Crippen LogP contribution is -2.35. The third kappa shape index (κ3) is 3.59. The monoisotopic (exact) mass is 341 g/mol. The molecule has 1 fully saturated rings. The van der Waals surface area contributed by atoms with Crippen LogP contribution in [0.1, 0.15) is 46.2 Å². The van der Waals surface area contributed by atoms with Crippen LogP contribution in [-0.2, 0) is 4.74 Å². The van der Waals surface area contributed by atoms with E-state index in [0.717, 1.165) is 29.7 Å². The van der Waals surface area contributed by atoms with E-state index in [2.05, 4.69) is 15.5 Å². The topological polar surface area (TPSA) is 67.0 Å². The molecule has 2 N–H and O–H groups in total. The number of H-pyrrole nitrogens is 1. The highest BCUT2D eigenvalue weighted by Crippen LogP contribution is 2.33. The Hall–Kier alpha value is -1.80. The van der Waals surface area contributed by atoms with Crippen molar-refractivity contribution in [2.24, 2.45) is 5.92 Å². The van der Waals surface area contributed by atoms with Crippen molar-refractivity contribution in [1.82, 2.24) is 15.5 Å². The van der Waals surface area contributed by atoms with Crippen LogP contribution in [0.4, 0.5) is 8.78 Å². The van der Waals surface area contributed by atoms with Crippen molar-refractivity contribution >= 4 is 17.2 Å². The first-order valence-corrected chi connectivity index (χ1v) is 8.28. The second-order valence-corrected chi connectivity index (χ2v) is 6.38. The van der Waals surface area contributed by atoms with Gasteiger partial charge in [0.2, 0.25) is 0 Å². The van der Waals surface area contributed by atoms with E-state index in [1.54, 1.807) is 12.4 Å². The van der Waals surface area contributed by atoms with E-state index in [9.17, 15) is 13.6 Å². The van der Waals surface area contributed by atoms with Gasteiger partial charge >= 0.3 is 0 Å². The molecule has 0 bridgehead atoms. The molecule has 3 rings (SSSR count). The Kier molecular flexibility index (Phi) is 5.02. The fraction of sp³-hybridized carbons (Fsp3) is 0.467. The van der Waals surface area contributed by atoms with Crippen LogP contribution in [0.3, 0.4) is 0 Å². The molecule has 1 saturated heterocycles. The summed E-state index contributed by atoms with van der Waals surface area (Å²) >= 11 is 0.898. The predicted octanol–water partition coefficient (Wildman–Crippen LogP) is 3.31. The van der Waals surface area contributed by atoms with Crippen molar-refractivity contribution in [3.05, 3.63) is 39.8 Å². The molecule has 1 aliphatic rings. The van der Waals surface area contributed by atoms with Gasteiger partial charge in [-0.3, -0.25) is 9.89 Å². The molecule has 124 valence electrons. The Morgan fingerprint density at radius 1 is 1.57 bits per heavy atom. The smallest absolute Gasteiger partial charge is 0.273 e. The number of halogens is 2. The lowest BCUT2D eigenvalue weighted by molar-refractivity contribution is -0.0272. The summed E-state index contributed by atoms with van der Waals surface area (Å²) in [6.45, 7) is 1.05. The Balaban J connectivity index is 1.64. The van der Waals surface area contributed by atoms with Crippen LogP contribution in [-0.4, -0.2) is 29.3 Å². The number of rotatable bonds is 5. The lowest BCUT2D eigenvalue weighted by atomic mass is 9.91. The van der Waals surface area contributed by atoms with Crippen molar-refractivity contribution in [2.75, 3.05) is 13.2 Å². The number of hydrogen-bond acceptors (Lipinski definition) is 4. The number of carbonyl (C=O) groups excluding carboxylic acids is 1. The molecular formula is C15H17F2N3O2S. The number of hydrogen-bond donors (Lipinski definition) is 2. The van der Waals surface area contributed by atoms with E-state index in [4.69, 9.17) is 4.74 Å². The summed E-state index contributed by atoms with van der Waals surface area (Å²) in [5, 5.41) is 11.0. The molecule has 5 nitrogen and oxygen atoms in total. The standard InChI is InChI=1S/C15H17F2N3O2S/c16-14(17)13-11(3-5-23-13)15(21)18-6-9-2-1-4-22-12(9)10-7-19-20-8-10/h3,5,7-9,12,14H,1-2,4,6H2,(H,18,21)(H,19,20)/t9-,12+/m0/s1. The second-order valence-electron chi connectivity index (χ2n) is 5.43. The van der Waals surface area contributed by atoms with E-state index in [1.807, 2.05) is 0 Å². The summed E-state index contributed by atoms with van der Waals surface area (Å²) in [7, 11) is 0. The van der Waals surface area contributed by atoms with Gasteiger partial charge in [-0.1, -0.05) is 0 Å². The van der Waals surface area contributed by atoms with Gasteiger partial charge in [0, 0.05) is 30.8 Å². The first-order chi connectivity index (χ1) is 11.2.